The molecule has 214 valence electrons. The van der Waals surface area contributed by atoms with E-state index in [0.29, 0.717) is 13.0 Å². The highest BCUT2D eigenvalue weighted by Gasteiger charge is 2.38. The van der Waals surface area contributed by atoms with Gasteiger partial charge in [-0.3, -0.25) is 9.69 Å². The quantitative estimate of drug-likeness (QED) is 0.317. The van der Waals surface area contributed by atoms with Crippen LogP contribution < -0.4 is 9.47 Å². The molecule has 0 aliphatic carbocycles. The second-order valence-electron chi connectivity index (χ2n) is 10.2. The number of aliphatic hydroxyl groups is 1. The summed E-state index contributed by atoms with van der Waals surface area (Å²) in [5.74, 6) is 1.72. The molecular weight excluding hydrogens is 504 g/mol. The van der Waals surface area contributed by atoms with E-state index in [1.165, 1.54) is 0 Å². The zero-order chi connectivity index (χ0) is 28.4. The van der Waals surface area contributed by atoms with Gasteiger partial charge in [-0.25, -0.2) is 0 Å². The summed E-state index contributed by atoms with van der Waals surface area (Å²) >= 11 is 0. The van der Waals surface area contributed by atoms with Crippen LogP contribution in [0.25, 0.3) is 0 Å². The van der Waals surface area contributed by atoms with Crippen LogP contribution in [0.15, 0.2) is 78.9 Å². The molecule has 1 aliphatic rings. The van der Waals surface area contributed by atoms with Gasteiger partial charge < -0.3 is 24.2 Å². The number of aliphatic hydroxyl groups excluding tert-OH is 1. The normalized spacial score (nSPS) is 15.1. The fraction of sp³-hybridized carbons (Fsp3) is 0.424. The first-order chi connectivity index (χ1) is 19.5. The zero-order valence-electron chi connectivity index (χ0n) is 23.9. The van der Waals surface area contributed by atoms with Crippen LogP contribution in [0.5, 0.6) is 11.5 Å². The van der Waals surface area contributed by atoms with Gasteiger partial charge in [0.1, 0.15) is 17.1 Å². The molecule has 0 aromatic heterocycles. The molecular formula is C33H42N2O5. The first-order valence-corrected chi connectivity index (χ1v) is 14.1. The van der Waals surface area contributed by atoms with Gasteiger partial charge in [0, 0.05) is 45.1 Å². The largest absolute Gasteiger partial charge is 0.497 e. The molecule has 3 aromatic rings. The van der Waals surface area contributed by atoms with E-state index in [9.17, 15) is 9.90 Å². The minimum atomic E-state index is -0.903. The van der Waals surface area contributed by atoms with Gasteiger partial charge in [-0.2, -0.15) is 0 Å². The number of ether oxygens (including phenoxy) is 3. The number of hydrogen-bond acceptors (Lipinski definition) is 6. The Labute approximate surface area is 238 Å². The average molecular weight is 547 g/mol. The summed E-state index contributed by atoms with van der Waals surface area (Å²) in [6.45, 7) is 6.41. The van der Waals surface area contributed by atoms with Crippen LogP contribution in [0.2, 0.25) is 0 Å². The Morgan fingerprint density at radius 2 is 1.35 bits per heavy atom. The highest BCUT2D eigenvalue weighted by atomic mass is 16.5. The molecule has 1 atom stereocenters. The third-order valence-electron chi connectivity index (χ3n) is 7.85. The average Bonchev–Trinajstić information content (AvgIpc) is 3.03. The lowest BCUT2D eigenvalue weighted by molar-refractivity contribution is -0.132. The predicted octanol–water partition coefficient (Wildman–Crippen LogP) is 4.57. The summed E-state index contributed by atoms with van der Waals surface area (Å²) in [4.78, 5) is 16.4. The number of hydrogen-bond donors (Lipinski definition) is 1. The van der Waals surface area contributed by atoms with Crippen LogP contribution in [0.3, 0.4) is 0 Å². The van der Waals surface area contributed by atoms with Crippen molar-refractivity contribution in [2.24, 2.45) is 5.92 Å². The van der Waals surface area contributed by atoms with Gasteiger partial charge in [-0.15, -0.1) is 0 Å². The van der Waals surface area contributed by atoms with Gasteiger partial charge in [0.25, 0.3) is 0 Å². The minimum absolute atomic E-state index is 0.0321. The molecule has 40 heavy (non-hydrogen) atoms. The van der Waals surface area contributed by atoms with E-state index < -0.39 is 5.60 Å². The second kappa shape index (κ2) is 14.3. The van der Waals surface area contributed by atoms with Crippen molar-refractivity contribution in [3.05, 3.63) is 95.6 Å². The van der Waals surface area contributed by atoms with Gasteiger partial charge in [0.2, 0.25) is 5.91 Å². The van der Waals surface area contributed by atoms with E-state index in [1.807, 2.05) is 78.6 Å². The van der Waals surface area contributed by atoms with Crippen LogP contribution in [0.1, 0.15) is 36.5 Å². The maximum absolute atomic E-state index is 12.0. The lowest BCUT2D eigenvalue weighted by Crippen LogP contribution is -2.49. The molecule has 7 heteroatoms. The first kappa shape index (κ1) is 29.6. The van der Waals surface area contributed by atoms with Gasteiger partial charge in [0.15, 0.2) is 0 Å². The van der Waals surface area contributed by atoms with Gasteiger partial charge in [-0.05, 0) is 53.9 Å². The number of rotatable bonds is 13. The van der Waals surface area contributed by atoms with Crippen molar-refractivity contribution in [1.82, 2.24) is 9.80 Å². The minimum Gasteiger partial charge on any atom is -0.497 e. The molecule has 7 nitrogen and oxygen atoms in total. The summed E-state index contributed by atoms with van der Waals surface area (Å²) in [6, 6.07) is 26.2. The smallest absolute Gasteiger partial charge is 0.222 e. The van der Waals surface area contributed by atoms with E-state index in [4.69, 9.17) is 14.2 Å². The molecule has 1 saturated heterocycles. The molecule has 1 amide bonds. The molecule has 1 unspecified atom stereocenters. The monoisotopic (exact) mass is 546 g/mol. The third-order valence-corrected chi connectivity index (χ3v) is 7.85. The molecule has 3 aromatic carbocycles. The summed E-state index contributed by atoms with van der Waals surface area (Å²) in [7, 11) is 3.32. The van der Waals surface area contributed by atoms with Crippen LogP contribution in [0, 0.1) is 5.92 Å². The Kier molecular flexibility index (Phi) is 10.6. The van der Waals surface area contributed by atoms with Crippen LogP contribution in [-0.4, -0.2) is 81.0 Å². The number of amides is 1. The van der Waals surface area contributed by atoms with Crippen molar-refractivity contribution in [3.63, 3.8) is 0 Å². The Morgan fingerprint density at radius 3 is 1.82 bits per heavy atom. The fourth-order valence-corrected chi connectivity index (χ4v) is 5.35. The molecule has 0 bridgehead atoms. The Bertz CT molecular complexity index is 1130. The van der Waals surface area contributed by atoms with Crippen LogP contribution >= 0.6 is 0 Å². The van der Waals surface area contributed by atoms with Gasteiger partial charge in [0.05, 0.1) is 20.8 Å². The van der Waals surface area contributed by atoms with Crippen molar-refractivity contribution in [2.75, 3.05) is 60.2 Å². The fourth-order valence-electron chi connectivity index (χ4n) is 5.35. The van der Waals surface area contributed by atoms with Crippen molar-refractivity contribution in [3.8, 4) is 11.5 Å². The predicted molar refractivity (Wildman–Crippen MR) is 157 cm³/mol. The molecule has 1 fully saturated rings. The molecule has 0 spiro atoms. The third kappa shape index (κ3) is 6.84. The molecule has 1 heterocycles. The summed E-state index contributed by atoms with van der Waals surface area (Å²) in [6.07, 6.45) is 1.35. The van der Waals surface area contributed by atoms with Crippen LogP contribution in [-0.2, 0) is 15.1 Å². The molecule has 4 rings (SSSR count). The number of piperazine rings is 1. The maximum Gasteiger partial charge on any atom is 0.222 e. The standard InChI is InChI=1S/C33H42N2O5/c1-4-32(37)35-22-20-34(21-23-35)19-18-26(24-36)25-40-33(27-8-6-5-7-9-27,28-10-14-30(38-2)15-11-28)29-12-16-31(39-3)17-13-29/h5-17,26,36H,4,18-25H2,1-3H3. The Morgan fingerprint density at radius 1 is 0.825 bits per heavy atom. The number of carbonyl (C=O) groups is 1. The SMILES string of the molecule is CCC(=O)N1CCN(CCC(CO)COC(c2ccccc2)(c2ccc(OC)cc2)c2ccc(OC)cc2)CC1. The van der Waals surface area contributed by atoms with Gasteiger partial charge in [-0.1, -0.05) is 61.5 Å². The summed E-state index contributed by atoms with van der Waals surface area (Å²) in [5.41, 5.74) is 2.04. The molecule has 1 aliphatic heterocycles. The Balaban J connectivity index is 1.58. The molecule has 0 saturated carbocycles. The van der Waals surface area contributed by atoms with Crippen molar-refractivity contribution < 1.29 is 24.1 Å². The first-order valence-electron chi connectivity index (χ1n) is 14.1. The van der Waals surface area contributed by atoms with E-state index >= 15 is 0 Å². The maximum atomic E-state index is 12.0. The summed E-state index contributed by atoms with van der Waals surface area (Å²) < 4.78 is 17.9. The van der Waals surface area contributed by atoms with E-state index in [-0.39, 0.29) is 18.4 Å². The molecule has 0 radical (unpaired) electrons. The molecule has 1 N–H and O–H groups in total. The van der Waals surface area contributed by atoms with E-state index in [2.05, 4.69) is 17.0 Å². The zero-order valence-corrected chi connectivity index (χ0v) is 23.9. The van der Waals surface area contributed by atoms with E-state index in [0.717, 1.165) is 67.3 Å². The summed E-state index contributed by atoms with van der Waals surface area (Å²) in [5, 5.41) is 10.4. The lowest BCUT2D eigenvalue weighted by Gasteiger charge is -2.38. The highest BCUT2D eigenvalue weighted by molar-refractivity contribution is 5.75. The number of nitrogens with zero attached hydrogens (tertiary/aromatic N) is 2. The second-order valence-corrected chi connectivity index (χ2v) is 10.2. The van der Waals surface area contributed by atoms with Gasteiger partial charge >= 0.3 is 0 Å². The lowest BCUT2D eigenvalue weighted by atomic mass is 9.80. The van der Waals surface area contributed by atoms with Crippen molar-refractivity contribution in [2.45, 2.75) is 25.4 Å². The number of carbonyl (C=O) groups excluding carboxylic acids is 1. The topological polar surface area (TPSA) is 71.5 Å². The highest BCUT2D eigenvalue weighted by Crippen LogP contribution is 2.42. The number of benzene rings is 3. The number of methoxy groups -OCH3 is 2. The Hall–Kier alpha value is -3.39. The van der Waals surface area contributed by atoms with Crippen molar-refractivity contribution >= 4 is 5.91 Å². The van der Waals surface area contributed by atoms with E-state index in [1.54, 1.807) is 14.2 Å². The van der Waals surface area contributed by atoms with Crippen molar-refractivity contribution in [1.29, 1.82) is 0 Å². The van der Waals surface area contributed by atoms with Crippen LogP contribution in [0.4, 0.5) is 0 Å².